The Morgan fingerprint density at radius 3 is 2.73 bits per heavy atom. The first-order chi connectivity index (χ1) is 6.99. The number of nitrogens with zero attached hydrogens (tertiary/aromatic N) is 2. The van der Waals surface area contributed by atoms with Gasteiger partial charge in [-0.3, -0.25) is 9.48 Å². The highest BCUT2D eigenvalue weighted by Crippen LogP contribution is 2.14. The summed E-state index contributed by atoms with van der Waals surface area (Å²) in [6, 6.07) is 0.275. The van der Waals surface area contributed by atoms with E-state index in [1.54, 1.807) is 24.0 Å². The SMILES string of the molecule is CC(C)n1cc(O[C@@H](C)CC(=O)O)cn1. The summed E-state index contributed by atoms with van der Waals surface area (Å²) in [5.41, 5.74) is 0. The molecule has 0 aliphatic carbocycles. The van der Waals surface area contributed by atoms with E-state index in [2.05, 4.69) is 5.10 Å². The lowest BCUT2D eigenvalue weighted by Gasteiger charge is -2.10. The first kappa shape index (κ1) is 11.6. The van der Waals surface area contributed by atoms with Gasteiger partial charge >= 0.3 is 5.97 Å². The monoisotopic (exact) mass is 212 g/mol. The summed E-state index contributed by atoms with van der Waals surface area (Å²) in [4.78, 5) is 10.4. The number of aliphatic carboxylic acids is 1. The van der Waals surface area contributed by atoms with Gasteiger partial charge in [0.2, 0.25) is 0 Å². The lowest BCUT2D eigenvalue weighted by Crippen LogP contribution is -2.16. The quantitative estimate of drug-likeness (QED) is 0.806. The summed E-state index contributed by atoms with van der Waals surface area (Å²) in [6.07, 6.45) is 3.01. The average Bonchev–Trinajstić information content (AvgIpc) is 2.50. The minimum absolute atomic E-state index is 0.00708. The van der Waals surface area contributed by atoms with E-state index in [1.807, 2.05) is 13.8 Å². The van der Waals surface area contributed by atoms with E-state index in [0.29, 0.717) is 5.75 Å². The van der Waals surface area contributed by atoms with Gasteiger partial charge < -0.3 is 9.84 Å². The lowest BCUT2D eigenvalue weighted by atomic mass is 10.3. The molecule has 1 heterocycles. The molecule has 0 radical (unpaired) electrons. The molecule has 1 rings (SSSR count). The number of carboxylic acids is 1. The normalized spacial score (nSPS) is 12.8. The molecule has 1 aromatic rings. The Hall–Kier alpha value is -1.52. The van der Waals surface area contributed by atoms with Crippen molar-refractivity contribution in [2.24, 2.45) is 0 Å². The summed E-state index contributed by atoms with van der Waals surface area (Å²) >= 11 is 0. The summed E-state index contributed by atoms with van der Waals surface area (Å²) in [5.74, 6) is -0.254. The molecule has 0 bridgehead atoms. The third-order valence-corrected chi connectivity index (χ3v) is 1.91. The van der Waals surface area contributed by atoms with Crippen LogP contribution in [0.1, 0.15) is 33.2 Å². The zero-order valence-corrected chi connectivity index (χ0v) is 9.17. The fourth-order valence-corrected chi connectivity index (χ4v) is 1.18. The predicted molar refractivity (Wildman–Crippen MR) is 55.0 cm³/mol. The Kier molecular flexibility index (Phi) is 3.71. The van der Waals surface area contributed by atoms with Crippen molar-refractivity contribution in [2.75, 3.05) is 0 Å². The topological polar surface area (TPSA) is 64.3 Å². The number of rotatable bonds is 5. The molecule has 5 heteroatoms. The highest BCUT2D eigenvalue weighted by Gasteiger charge is 2.10. The molecule has 0 amide bonds. The Morgan fingerprint density at radius 1 is 1.60 bits per heavy atom. The zero-order valence-electron chi connectivity index (χ0n) is 9.17. The van der Waals surface area contributed by atoms with Crippen molar-refractivity contribution in [3.63, 3.8) is 0 Å². The smallest absolute Gasteiger partial charge is 0.307 e. The van der Waals surface area contributed by atoms with E-state index < -0.39 is 5.97 Å². The van der Waals surface area contributed by atoms with Crippen LogP contribution in [0.3, 0.4) is 0 Å². The number of hydrogen-bond donors (Lipinski definition) is 1. The first-order valence-electron chi connectivity index (χ1n) is 4.91. The third-order valence-electron chi connectivity index (χ3n) is 1.91. The second-order valence-corrected chi connectivity index (χ2v) is 3.78. The van der Waals surface area contributed by atoms with E-state index in [0.717, 1.165) is 0 Å². The van der Waals surface area contributed by atoms with Crippen LogP contribution in [0.4, 0.5) is 0 Å². The van der Waals surface area contributed by atoms with Crippen LogP contribution < -0.4 is 4.74 Å². The van der Waals surface area contributed by atoms with Gasteiger partial charge in [0, 0.05) is 6.04 Å². The fraction of sp³-hybridized carbons (Fsp3) is 0.600. The van der Waals surface area contributed by atoms with Gasteiger partial charge in [-0.15, -0.1) is 0 Å². The molecular weight excluding hydrogens is 196 g/mol. The van der Waals surface area contributed by atoms with Crippen molar-refractivity contribution in [1.82, 2.24) is 9.78 Å². The molecule has 1 aromatic heterocycles. The Bertz CT molecular complexity index is 333. The highest BCUT2D eigenvalue weighted by molar-refractivity contribution is 5.67. The van der Waals surface area contributed by atoms with Gasteiger partial charge in [-0.25, -0.2) is 0 Å². The standard InChI is InChI=1S/C10H16N2O3/c1-7(2)12-6-9(5-11-12)15-8(3)4-10(13)14/h5-8H,4H2,1-3H3,(H,13,14)/t8-/m0/s1. The molecule has 0 unspecified atom stereocenters. The zero-order chi connectivity index (χ0) is 11.4. The number of carboxylic acid groups (broad SMARTS) is 1. The minimum atomic E-state index is -0.862. The summed E-state index contributed by atoms with van der Waals surface area (Å²) in [7, 11) is 0. The van der Waals surface area contributed by atoms with Crippen molar-refractivity contribution in [3.8, 4) is 5.75 Å². The van der Waals surface area contributed by atoms with Gasteiger partial charge in [-0.05, 0) is 20.8 Å². The van der Waals surface area contributed by atoms with Crippen molar-refractivity contribution < 1.29 is 14.6 Å². The summed E-state index contributed by atoms with van der Waals surface area (Å²) in [5, 5.41) is 12.6. The van der Waals surface area contributed by atoms with Gasteiger partial charge in [-0.1, -0.05) is 0 Å². The van der Waals surface area contributed by atoms with Crippen molar-refractivity contribution in [1.29, 1.82) is 0 Å². The molecule has 5 nitrogen and oxygen atoms in total. The number of aromatic nitrogens is 2. The molecule has 0 saturated carbocycles. The second-order valence-electron chi connectivity index (χ2n) is 3.78. The highest BCUT2D eigenvalue weighted by atomic mass is 16.5. The number of ether oxygens (including phenoxy) is 1. The lowest BCUT2D eigenvalue weighted by molar-refractivity contribution is -0.138. The molecule has 0 spiro atoms. The van der Waals surface area contributed by atoms with E-state index in [1.165, 1.54) is 0 Å². The number of carbonyl (C=O) groups is 1. The van der Waals surface area contributed by atoms with Crippen LogP contribution >= 0.6 is 0 Å². The molecular formula is C10H16N2O3. The molecule has 0 aromatic carbocycles. The van der Waals surface area contributed by atoms with Crippen LogP contribution in [0.25, 0.3) is 0 Å². The van der Waals surface area contributed by atoms with Gasteiger partial charge in [0.1, 0.15) is 6.10 Å². The van der Waals surface area contributed by atoms with E-state index in [-0.39, 0.29) is 18.6 Å². The van der Waals surface area contributed by atoms with E-state index >= 15 is 0 Å². The molecule has 0 aliphatic rings. The van der Waals surface area contributed by atoms with Crippen LogP contribution in [0.5, 0.6) is 5.75 Å². The average molecular weight is 212 g/mol. The van der Waals surface area contributed by atoms with Crippen molar-refractivity contribution in [3.05, 3.63) is 12.4 Å². The minimum Gasteiger partial charge on any atom is -0.487 e. The number of hydrogen-bond acceptors (Lipinski definition) is 3. The Labute approximate surface area is 88.7 Å². The van der Waals surface area contributed by atoms with Crippen LogP contribution in [-0.4, -0.2) is 27.0 Å². The Balaban J connectivity index is 2.53. The first-order valence-corrected chi connectivity index (χ1v) is 4.91. The molecule has 0 saturated heterocycles. The summed E-state index contributed by atoms with van der Waals surface area (Å²) in [6.45, 7) is 5.75. The maximum absolute atomic E-state index is 10.4. The molecule has 15 heavy (non-hydrogen) atoms. The maximum Gasteiger partial charge on any atom is 0.307 e. The van der Waals surface area contributed by atoms with Crippen LogP contribution in [0, 0.1) is 0 Å². The van der Waals surface area contributed by atoms with Gasteiger partial charge in [0.25, 0.3) is 0 Å². The van der Waals surface area contributed by atoms with E-state index in [9.17, 15) is 4.79 Å². The Morgan fingerprint density at radius 2 is 2.27 bits per heavy atom. The van der Waals surface area contributed by atoms with Gasteiger partial charge in [0.15, 0.2) is 5.75 Å². The largest absolute Gasteiger partial charge is 0.487 e. The molecule has 1 atom stereocenters. The van der Waals surface area contributed by atoms with E-state index in [4.69, 9.17) is 9.84 Å². The second kappa shape index (κ2) is 4.82. The fourth-order valence-electron chi connectivity index (χ4n) is 1.18. The van der Waals surface area contributed by atoms with Gasteiger partial charge in [0.05, 0.1) is 18.8 Å². The predicted octanol–water partition coefficient (Wildman–Crippen LogP) is 1.71. The van der Waals surface area contributed by atoms with Gasteiger partial charge in [-0.2, -0.15) is 5.10 Å². The van der Waals surface area contributed by atoms with Crippen molar-refractivity contribution in [2.45, 2.75) is 39.3 Å². The summed E-state index contributed by atoms with van der Waals surface area (Å²) < 4.78 is 7.16. The van der Waals surface area contributed by atoms with Crippen LogP contribution in [-0.2, 0) is 4.79 Å². The van der Waals surface area contributed by atoms with Crippen LogP contribution in [0.15, 0.2) is 12.4 Å². The molecule has 0 aliphatic heterocycles. The van der Waals surface area contributed by atoms with Crippen molar-refractivity contribution >= 4 is 5.97 Å². The maximum atomic E-state index is 10.4. The molecule has 84 valence electrons. The van der Waals surface area contributed by atoms with Crippen LogP contribution in [0.2, 0.25) is 0 Å². The molecule has 1 N–H and O–H groups in total. The third kappa shape index (κ3) is 3.61. The molecule has 0 fully saturated rings.